The third kappa shape index (κ3) is 2.65. The van der Waals surface area contributed by atoms with E-state index in [0.717, 1.165) is 58.4 Å². The van der Waals surface area contributed by atoms with Crippen molar-refractivity contribution in [3.8, 4) is 23.0 Å². The van der Waals surface area contributed by atoms with Crippen LogP contribution in [0, 0.1) is 6.92 Å². The van der Waals surface area contributed by atoms with Crippen LogP contribution in [0.25, 0.3) is 11.8 Å². The molecule has 2 aromatic rings. The van der Waals surface area contributed by atoms with Crippen molar-refractivity contribution in [1.82, 2.24) is 5.32 Å². The summed E-state index contributed by atoms with van der Waals surface area (Å²) in [7, 11) is 3.31. The zero-order chi connectivity index (χ0) is 17.4. The predicted octanol–water partition coefficient (Wildman–Crippen LogP) is 3.38. The Kier molecular flexibility index (Phi) is 3.92. The molecule has 0 fully saturated rings. The molecule has 2 aliphatic heterocycles. The molecule has 0 aliphatic carbocycles. The van der Waals surface area contributed by atoms with Gasteiger partial charge in [-0.3, -0.25) is 0 Å². The standard InChI is InChI=1S/C20H21NO4/c1-12-13(4-5-17(22-2)20(12)23-3)8-16-15-10-19-18(24-11-25-19)9-14(15)6-7-21-16/h4-5,8-10,21H,6-7,11H2,1-3H3/b16-8-. The van der Waals surface area contributed by atoms with E-state index in [2.05, 4.69) is 23.5 Å². The second-order valence-electron chi connectivity index (χ2n) is 6.11. The molecule has 25 heavy (non-hydrogen) atoms. The lowest BCUT2D eigenvalue weighted by Crippen LogP contribution is -2.22. The van der Waals surface area contributed by atoms with Crippen LogP contribution in [0.15, 0.2) is 24.3 Å². The molecule has 0 bridgehead atoms. The van der Waals surface area contributed by atoms with Gasteiger partial charge in [-0.05, 0) is 48.7 Å². The van der Waals surface area contributed by atoms with Crippen LogP contribution in [0.4, 0.5) is 0 Å². The van der Waals surface area contributed by atoms with Gasteiger partial charge in [0.05, 0.1) is 14.2 Å². The van der Waals surface area contributed by atoms with Crippen molar-refractivity contribution < 1.29 is 18.9 Å². The Morgan fingerprint density at radius 1 is 1.08 bits per heavy atom. The molecule has 0 unspecified atom stereocenters. The topological polar surface area (TPSA) is 49.0 Å². The molecule has 0 saturated heterocycles. The van der Waals surface area contributed by atoms with E-state index in [4.69, 9.17) is 18.9 Å². The highest BCUT2D eigenvalue weighted by atomic mass is 16.7. The van der Waals surface area contributed by atoms with Crippen molar-refractivity contribution in [2.75, 3.05) is 27.6 Å². The highest BCUT2D eigenvalue weighted by Crippen LogP contribution is 2.39. The summed E-state index contributed by atoms with van der Waals surface area (Å²) in [5.74, 6) is 3.14. The average molecular weight is 339 g/mol. The lowest BCUT2D eigenvalue weighted by molar-refractivity contribution is 0.174. The van der Waals surface area contributed by atoms with Gasteiger partial charge in [0, 0.05) is 23.4 Å². The van der Waals surface area contributed by atoms with E-state index >= 15 is 0 Å². The summed E-state index contributed by atoms with van der Waals surface area (Å²) in [6.07, 6.45) is 3.12. The molecule has 5 heteroatoms. The van der Waals surface area contributed by atoms with Crippen LogP contribution in [0.2, 0.25) is 0 Å². The summed E-state index contributed by atoms with van der Waals surface area (Å²) in [6, 6.07) is 8.13. The van der Waals surface area contributed by atoms with Crippen LogP contribution in [-0.2, 0) is 6.42 Å². The number of benzene rings is 2. The van der Waals surface area contributed by atoms with Crippen molar-refractivity contribution >= 4 is 11.8 Å². The maximum absolute atomic E-state index is 5.54. The Hall–Kier alpha value is -2.82. The summed E-state index contributed by atoms with van der Waals surface area (Å²) in [4.78, 5) is 0. The lowest BCUT2D eigenvalue weighted by Gasteiger charge is -2.22. The zero-order valence-electron chi connectivity index (χ0n) is 14.6. The molecule has 0 amide bonds. The van der Waals surface area contributed by atoms with Crippen LogP contribution in [0.1, 0.15) is 22.3 Å². The molecule has 2 aliphatic rings. The molecule has 0 aromatic heterocycles. The minimum atomic E-state index is 0.291. The number of hydrogen-bond donors (Lipinski definition) is 1. The van der Waals surface area contributed by atoms with Crippen molar-refractivity contribution in [3.63, 3.8) is 0 Å². The van der Waals surface area contributed by atoms with E-state index in [0.29, 0.717) is 6.79 Å². The number of rotatable bonds is 3. The monoisotopic (exact) mass is 339 g/mol. The second-order valence-corrected chi connectivity index (χ2v) is 6.11. The van der Waals surface area contributed by atoms with E-state index in [1.165, 1.54) is 5.56 Å². The largest absolute Gasteiger partial charge is 0.493 e. The van der Waals surface area contributed by atoms with E-state index in [9.17, 15) is 0 Å². The Morgan fingerprint density at radius 2 is 1.88 bits per heavy atom. The normalized spacial score (nSPS) is 16.4. The average Bonchev–Trinajstić information content (AvgIpc) is 3.09. The van der Waals surface area contributed by atoms with E-state index in [-0.39, 0.29) is 0 Å². The predicted molar refractivity (Wildman–Crippen MR) is 96.4 cm³/mol. The Balaban J connectivity index is 1.79. The number of hydrogen-bond acceptors (Lipinski definition) is 5. The third-order valence-corrected chi connectivity index (χ3v) is 4.73. The van der Waals surface area contributed by atoms with Gasteiger partial charge in [0.2, 0.25) is 6.79 Å². The van der Waals surface area contributed by atoms with Gasteiger partial charge in [-0.1, -0.05) is 6.07 Å². The quantitative estimate of drug-likeness (QED) is 0.929. The number of methoxy groups -OCH3 is 2. The molecule has 2 aromatic carbocycles. The molecule has 0 atom stereocenters. The molecular weight excluding hydrogens is 318 g/mol. The smallest absolute Gasteiger partial charge is 0.231 e. The zero-order valence-corrected chi connectivity index (χ0v) is 14.6. The Morgan fingerprint density at radius 3 is 2.64 bits per heavy atom. The van der Waals surface area contributed by atoms with Gasteiger partial charge >= 0.3 is 0 Å². The first-order valence-electron chi connectivity index (χ1n) is 8.31. The minimum absolute atomic E-state index is 0.291. The third-order valence-electron chi connectivity index (χ3n) is 4.73. The minimum Gasteiger partial charge on any atom is -0.493 e. The molecule has 0 saturated carbocycles. The SMILES string of the molecule is COc1ccc(/C=C2\NCCc3cc4c(cc32)OCO4)c(C)c1OC. The molecule has 1 N–H and O–H groups in total. The van der Waals surface area contributed by atoms with Crippen molar-refractivity contribution in [3.05, 3.63) is 46.5 Å². The van der Waals surface area contributed by atoms with Crippen molar-refractivity contribution in [1.29, 1.82) is 0 Å². The van der Waals surface area contributed by atoms with Crippen molar-refractivity contribution in [2.24, 2.45) is 0 Å². The molecule has 0 radical (unpaired) electrons. The van der Waals surface area contributed by atoms with Crippen LogP contribution in [0.3, 0.4) is 0 Å². The second kappa shape index (κ2) is 6.24. The van der Waals surface area contributed by atoms with Crippen LogP contribution in [0.5, 0.6) is 23.0 Å². The highest BCUT2D eigenvalue weighted by molar-refractivity contribution is 5.85. The number of fused-ring (bicyclic) bond motifs is 2. The van der Waals surface area contributed by atoms with Crippen LogP contribution < -0.4 is 24.3 Å². The lowest BCUT2D eigenvalue weighted by atomic mass is 9.95. The molecule has 5 nitrogen and oxygen atoms in total. The highest BCUT2D eigenvalue weighted by Gasteiger charge is 2.22. The van der Waals surface area contributed by atoms with Crippen LogP contribution in [-0.4, -0.2) is 27.6 Å². The van der Waals surface area contributed by atoms with Gasteiger partial charge in [0.25, 0.3) is 0 Å². The van der Waals surface area contributed by atoms with Gasteiger partial charge < -0.3 is 24.3 Å². The first-order chi connectivity index (χ1) is 12.2. The Labute approximate surface area is 147 Å². The first-order valence-corrected chi connectivity index (χ1v) is 8.31. The first kappa shape index (κ1) is 15.7. The summed E-state index contributed by atoms with van der Waals surface area (Å²) in [5.41, 5.74) is 5.64. The molecule has 4 rings (SSSR count). The van der Waals surface area contributed by atoms with Crippen LogP contribution >= 0.6 is 0 Å². The van der Waals surface area contributed by atoms with Gasteiger partial charge in [0.1, 0.15) is 0 Å². The van der Waals surface area contributed by atoms with Crippen molar-refractivity contribution in [2.45, 2.75) is 13.3 Å². The van der Waals surface area contributed by atoms with Gasteiger partial charge in [-0.25, -0.2) is 0 Å². The van der Waals surface area contributed by atoms with E-state index in [1.807, 2.05) is 19.1 Å². The molecule has 0 spiro atoms. The molecule has 2 heterocycles. The fourth-order valence-corrected chi connectivity index (χ4v) is 3.41. The van der Waals surface area contributed by atoms with E-state index in [1.54, 1.807) is 14.2 Å². The maximum atomic E-state index is 5.54. The number of ether oxygens (including phenoxy) is 4. The molecule has 130 valence electrons. The summed E-state index contributed by atoms with van der Waals surface area (Å²) in [6.45, 7) is 3.22. The fourth-order valence-electron chi connectivity index (χ4n) is 3.41. The van der Waals surface area contributed by atoms with Gasteiger partial charge in [-0.2, -0.15) is 0 Å². The maximum Gasteiger partial charge on any atom is 0.231 e. The van der Waals surface area contributed by atoms with Gasteiger partial charge in [0.15, 0.2) is 23.0 Å². The number of nitrogens with one attached hydrogen (secondary N) is 1. The fraction of sp³-hybridized carbons (Fsp3) is 0.300. The summed E-state index contributed by atoms with van der Waals surface area (Å²) < 4.78 is 21.9. The van der Waals surface area contributed by atoms with E-state index < -0.39 is 0 Å². The summed E-state index contributed by atoms with van der Waals surface area (Å²) >= 11 is 0. The Bertz CT molecular complexity index is 857. The molecular formula is C20H21NO4. The van der Waals surface area contributed by atoms with Gasteiger partial charge in [-0.15, -0.1) is 0 Å². The summed E-state index contributed by atoms with van der Waals surface area (Å²) in [5, 5.41) is 3.50.